The van der Waals surface area contributed by atoms with Gasteiger partial charge in [0.25, 0.3) is 0 Å². The Labute approximate surface area is 120 Å². The monoisotopic (exact) mass is 298 g/mol. The van der Waals surface area contributed by atoms with Crippen molar-refractivity contribution in [3.05, 3.63) is 29.8 Å². The summed E-state index contributed by atoms with van der Waals surface area (Å²) in [5, 5.41) is 2.77. The molecule has 0 aliphatic carbocycles. The minimum Gasteiger partial charge on any atom is -0.324 e. The number of benzene rings is 1. The number of hydrogen-bond donors (Lipinski definition) is 2. The number of nitrogens with two attached hydrogens (primary N) is 1. The molecule has 1 aromatic carbocycles. The lowest BCUT2D eigenvalue weighted by Gasteiger charge is -2.14. The van der Waals surface area contributed by atoms with Gasteiger partial charge >= 0.3 is 0 Å². The van der Waals surface area contributed by atoms with Crippen LogP contribution in [0.4, 0.5) is 5.69 Å². The molecule has 20 heavy (non-hydrogen) atoms. The molecular weight excluding hydrogens is 276 g/mol. The van der Waals surface area contributed by atoms with E-state index in [2.05, 4.69) is 12.2 Å². The first-order valence-corrected chi connectivity index (χ1v) is 8.71. The van der Waals surface area contributed by atoms with E-state index in [0.29, 0.717) is 0 Å². The van der Waals surface area contributed by atoms with Gasteiger partial charge in [-0.2, -0.15) is 0 Å². The molecule has 3 N–H and O–H groups in total. The smallest absolute Gasteiger partial charge is 0.241 e. The summed E-state index contributed by atoms with van der Waals surface area (Å²) in [7, 11) is -3.10. The van der Waals surface area contributed by atoms with Crippen LogP contribution in [0.3, 0.4) is 0 Å². The van der Waals surface area contributed by atoms with Crippen LogP contribution < -0.4 is 11.1 Å². The van der Waals surface area contributed by atoms with Crippen LogP contribution in [-0.4, -0.2) is 32.4 Å². The molecule has 0 aliphatic rings. The molecule has 0 spiro atoms. The minimum atomic E-state index is -3.10. The minimum absolute atomic E-state index is 0.0851. The molecule has 1 aromatic rings. The van der Waals surface area contributed by atoms with Gasteiger partial charge in [0.1, 0.15) is 9.84 Å². The first-order chi connectivity index (χ1) is 9.33. The van der Waals surface area contributed by atoms with Crippen molar-refractivity contribution in [2.24, 2.45) is 5.73 Å². The molecule has 0 heterocycles. The highest BCUT2D eigenvalue weighted by atomic mass is 32.2. The Hall–Kier alpha value is -1.40. The number of rotatable bonds is 7. The Morgan fingerprint density at radius 3 is 2.60 bits per heavy atom. The van der Waals surface area contributed by atoms with Crippen LogP contribution >= 0.6 is 0 Å². The van der Waals surface area contributed by atoms with Crippen LogP contribution in [0.1, 0.15) is 25.3 Å². The lowest BCUT2D eigenvalue weighted by atomic mass is 10.1. The van der Waals surface area contributed by atoms with Crippen molar-refractivity contribution in [2.75, 3.05) is 17.3 Å². The van der Waals surface area contributed by atoms with Gasteiger partial charge in [0.05, 0.1) is 11.8 Å². The number of amides is 1. The number of hydrogen-bond acceptors (Lipinski definition) is 4. The maximum absolute atomic E-state index is 12.0. The summed E-state index contributed by atoms with van der Waals surface area (Å²) in [5.41, 5.74) is 7.52. The number of carbonyl (C=O) groups excluding carboxylic acids is 1. The Morgan fingerprint density at radius 2 is 2.00 bits per heavy atom. The van der Waals surface area contributed by atoms with Crippen LogP contribution in [0.15, 0.2) is 24.3 Å². The van der Waals surface area contributed by atoms with E-state index in [9.17, 15) is 13.2 Å². The van der Waals surface area contributed by atoms with E-state index in [4.69, 9.17) is 5.73 Å². The maximum Gasteiger partial charge on any atom is 0.241 e. The Kier molecular flexibility index (Phi) is 6.16. The third kappa shape index (κ3) is 5.71. The van der Waals surface area contributed by atoms with E-state index in [1.807, 2.05) is 24.3 Å². The highest BCUT2D eigenvalue weighted by Crippen LogP contribution is 2.17. The topological polar surface area (TPSA) is 89.3 Å². The van der Waals surface area contributed by atoms with E-state index >= 15 is 0 Å². The quantitative estimate of drug-likeness (QED) is 0.795. The molecule has 5 nitrogen and oxygen atoms in total. The molecule has 0 bridgehead atoms. The van der Waals surface area contributed by atoms with Gasteiger partial charge in [0.15, 0.2) is 0 Å². The molecule has 1 unspecified atom stereocenters. The number of nitrogens with one attached hydrogen (secondary N) is 1. The molecule has 0 fully saturated rings. The number of sulfone groups is 1. The van der Waals surface area contributed by atoms with Crippen molar-refractivity contribution >= 4 is 21.4 Å². The van der Waals surface area contributed by atoms with E-state index in [1.54, 1.807) is 0 Å². The highest BCUT2D eigenvalue weighted by Gasteiger charge is 2.16. The fourth-order valence-corrected chi connectivity index (χ4v) is 2.51. The highest BCUT2D eigenvalue weighted by molar-refractivity contribution is 7.90. The second-order valence-electron chi connectivity index (χ2n) is 4.92. The van der Waals surface area contributed by atoms with Gasteiger partial charge in [-0.3, -0.25) is 4.79 Å². The van der Waals surface area contributed by atoms with Gasteiger partial charge in [0.2, 0.25) is 5.91 Å². The van der Waals surface area contributed by atoms with Gasteiger partial charge in [-0.15, -0.1) is 0 Å². The molecule has 0 saturated carbocycles. The van der Waals surface area contributed by atoms with Crippen LogP contribution in [0.5, 0.6) is 0 Å². The fourth-order valence-electron chi connectivity index (χ4n) is 1.83. The van der Waals surface area contributed by atoms with Gasteiger partial charge < -0.3 is 11.1 Å². The molecule has 1 amide bonds. The van der Waals surface area contributed by atoms with E-state index in [1.165, 1.54) is 0 Å². The van der Waals surface area contributed by atoms with Crippen LogP contribution in [0.25, 0.3) is 0 Å². The van der Waals surface area contributed by atoms with Crippen LogP contribution in [0.2, 0.25) is 0 Å². The van der Waals surface area contributed by atoms with Crippen molar-refractivity contribution in [3.63, 3.8) is 0 Å². The van der Waals surface area contributed by atoms with Crippen LogP contribution in [-0.2, 0) is 21.1 Å². The summed E-state index contributed by atoms with van der Waals surface area (Å²) in [6.07, 6.45) is 3.11. The molecule has 0 radical (unpaired) electrons. The fraction of sp³-hybridized carbons (Fsp3) is 0.500. The molecule has 1 rings (SSSR count). The molecule has 0 aromatic heterocycles. The second kappa shape index (κ2) is 7.40. The largest absolute Gasteiger partial charge is 0.324 e. The average Bonchev–Trinajstić information content (AvgIpc) is 2.37. The van der Waals surface area contributed by atoms with E-state index in [-0.39, 0.29) is 18.1 Å². The summed E-state index contributed by atoms with van der Waals surface area (Å²) in [6.45, 7) is 2.07. The predicted molar refractivity (Wildman–Crippen MR) is 81.4 cm³/mol. The maximum atomic E-state index is 12.0. The third-order valence-corrected chi connectivity index (χ3v) is 3.91. The molecule has 1 atom stereocenters. The molecule has 6 heteroatoms. The van der Waals surface area contributed by atoms with Gasteiger partial charge in [-0.25, -0.2) is 8.42 Å². The Bertz CT molecular complexity index is 555. The number of para-hydroxylation sites is 1. The lowest BCUT2D eigenvalue weighted by Crippen LogP contribution is -2.37. The standard InChI is InChI=1S/C14H22N2O3S/c1-3-6-11-7-4-5-8-13(11)16-14(17)12(15)9-10-20(2,18)19/h4-5,7-8,12H,3,6,9-10,15H2,1-2H3,(H,16,17). The van der Waals surface area contributed by atoms with Gasteiger partial charge in [-0.1, -0.05) is 31.5 Å². The summed E-state index contributed by atoms with van der Waals surface area (Å²) in [6, 6.07) is 6.73. The normalized spacial score (nSPS) is 12.9. The second-order valence-corrected chi connectivity index (χ2v) is 7.18. The molecular formula is C14H22N2O3S. The zero-order chi connectivity index (χ0) is 15.2. The number of aryl methyl sites for hydroxylation is 1. The molecule has 112 valence electrons. The predicted octanol–water partition coefficient (Wildman–Crippen LogP) is 1.34. The lowest BCUT2D eigenvalue weighted by molar-refractivity contribution is -0.117. The average molecular weight is 298 g/mol. The van der Waals surface area contributed by atoms with Crippen molar-refractivity contribution in [1.29, 1.82) is 0 Å². The Morgan fingerprint density at radius 1 is 1.35 bits per heavy atom. The molecule has 0 aliphatic heterocycles. The van der Waals surface area contributed by atoms with Crippen LogP contribution in [0, 0.1) is 0 Å². The van der Waals surface area contributed by atoms with Crippen molar-refractivity contribution in [1.82, 2.24) is 0 Å². The summed E-state index contributed by atoms with van der Waals surface area (Å²) >= 11 is 0. The summed E-state index contributed by atoms with van der Waals surface area (Å²) in [5.74, 6) is -0.435. The zero-order valence-electron chi connectivity index (χ0n) is 11.9. The Balaban J connectivity index is 2.66. The first kappa shape index (κ1) is 16.7. The number of carbonyl (C=O) groups is 1. The first-order valence-electron chi connectivity index (χ1n) is 6.65. The van der Waals surface area contributed by atoms with Crippen molar-refractivity contribution < 1.29 is 13.2 Å². The SMILES string of the molecule is CCCc1ccccc1NC(=O)C(N)CCS(C)(=O)=O. The van der Waals surface area contributed by atoms with E-state index < -0.39 is 15.9 Å². The molecule has 0 saturated heterocycles. The third-order valence-electron chi connectivity index (χ3n) is 2.93. The summed E-state index contributed by atoms with van der Waals surface area (Å²) in [4.78, 5) is 12.0. The van der Waals surface area contributed by atoms with Gasteiger partial charge in [-0.05, 0) is 24.5 Å². The van der Waals surface area contributed by atoms with E-state index in [0.717, 1.165) is 30.3 Å². The van der Waals surface area contributed by atoms with Crippen molar-refractivity contribution in [2.45, 2.75) is 32.2 Å². The number of anilines is 1. The van der Waals surface area contributed by atoms with Gasteiger partial charge in [0, 0.05) is 11.9 Å². The van der Waals surface area contributed by atoms with Crippen molar-refractivity contribution in [3.8, 4) is 0 Å². The zero-order valence-corrected chi connectivity index (χ0v) is 12.7. The summed E-state index contributed by atoms with van der Waals surface area (Å²) < 4.78 is 22.1.